The average Bonchev–Trinajstić information content (AvgIpc) is 2.61. The summed E-state index contributed by atoms with van der Waals surface area (Å²) in [7, 11) is -0.322. The van der Waals surface area contributed by atoms with Crippen molar-refractivity contribution >= 4 is 12.8 Å². The average molecular weight is 302 g/mol. The Kier molecular flexibility index (Phi) is 4.54. The van der Waals surface area contributed by atoms with Crippen LogP contribution in [0.15, 0.2) is 17.2 Å². The van der Waals surface area contributed by atoms with E-state index in [-0.39, 0.29) is 18.3 Å². The van der Waals surface area contributed by atoms with Gasteiger partial charge in [-0.15, -0.1) is 0 Å². The molecule has 0 aliphatic carbocycles. The van der Waals surface area contributed by atoms with Crippen LogP contribution < -0.4 is 5.73 Å². The van der Waals surface area contributed by atoms with Crippen LogP contribution in [-0.4, -0.2) is 18.3 Å². The summed E-state index contributed by atoms with van der Waals surface area (Å²) < 4.78 is 12.0. The maximum absolute atomic E-state index is 8.70. The first-order valence-corrected chi connectivity index (χ1v) is 7.43. The van der Waals surface area contributed by atoms with Gasteiger partial charge in [0.25, 0.3) is 0 Å². The summed E-state index contributed by atoms with van der Waals surface area (Å²) in [6.45, 7) is 10.4. The van der Waals surface area contributed by atoms with E-state index in [0.29, 0.717) is 18.6 Å². The van der Waals surface area contributed by atoms with E-state index < -0.39 is 0 Å². The Hall–Kier alpha value is -1.53. The quantitative estimate of drug-likeness (QED) is 0.399. The van der Waals surface area contributed by atoms with Crippen molar-refractivity contribution in [2.75, 3.05) is 0 Å². The molecular formula is C15H23BN4O2. The first kappa shape index (κ1) is 16.8. The molecule has 0 unspecified atom stereocenters. The third-order valence-corrected chi connectivity index (χ3v) is 4.62. The molecule has 22 heavy (non-hydrogen) atoms. The number of nitrogens with zero attached hydrogens (tertiary/aromatic N) is 3. The molecule has 118 valence electrons. The standard InChI is InChI=1S/C15H23BN4O2/c1-10-12(9-17)6-11(7-13(10)19-20-18)8-16-21-14(2,3)15(4,5)22-16/h6-7H,8-9,17H2,1-5H3. The molecule has 1 fully saturated rings. The largest absolute Gasteiger partial charge is 0.462 e. The molecule has 0 saturated carbocycles. The molecule has 1 saturated heterocycles. The third kappa shape index (κ3) is 3.13. The van der Waals surface area contributed by atoms with Gasteiger partial charge in [-0.25, -0.2) is 0 Å². The second kappa shape index (κ2) is 5.93. The van der Waals surface area contributed by atoms with Gasteiger partial charge in [0.1, 0.15) is 0 Å². The molecule has 1 heterocycles. The number of benzene rings is 1. The maximum atomic E-state index is 8.70. The van der Waals surface area contributed by atoms with E-state index in [1.807, 2.05) is 46.8 Å². The molecule has 1 aliphatic rings. The van der Waals surface area contributed by atoms with Gasteiger partial charge in [-0.3, -0.25) is 0 Å². The van der Waals surface area contributed by atoms with E-state index >= 15 is 0 Å². The lowest BCUT2D eigenvalue weighted by Crippen LogP contribution is -2.41. The Morgan fingerprint density at radius 1 is 1.23 bits per heavy atom. The van der Waals surface area contributed by atoms with Crippen molar-refractivity contribution in [1.29, 1.82) is 0 Å². The van der Waals surface area contributed by atoms with Gasteiger partial charge in [0.15, 0.2) is 0 Å². The zero-order chi connectivity index (χ0) is 16.5. The van der Waals surface area contributed by atoms with E-state index in [0.717, 1.165) is 16.7 Å². The van der Waals surface area contributed by atoms with Crippen molar-refractivity contribution in [2.45, 2.75) is 58.7 Å². The Bertz CT molecular complexity index is 608. The Morgan fingerprint density at radius 2 is 1.82 bits per heavy atom. The minimum Gasteiger partial charge on any atom is -0.403 e. The summed E-state index contributed by atoms with van der Waals surface area (Å²) in [6, 6.07) is 3.90. The highest BCUT2D eigenvalue weighted by atomic mass is 16.7. The van der Waals surface area contributed by atoms with Crippen LogP contribution in [0.25, 0.3) is 10.4 Å². The smallest absolute Gasteiger partial charge is 0.403 e. The molecule has 0 bridgehead atoms. The molecular weight excluding hydrogens is 279 g/mol. The molecule has 6 nitrogen and oxygen atoms in total. The normalized spacial score (nSPS) is 19.1. The predicted octanol–water partition coefficient (Wildman–Crippen LogP) is 3.57. The van der Waals surface area contributed by atoms with Crippen molar-refractivity contribution in [3.63, 3.8) is 0 Å². The van der Waals surface area contributed by atoms with Crippen molar-refractivity contribution in [3.05, 3.63) is 39.3 Å². The zero-order valence-electron chi connectivity index (χ0n) is 13.9. The Balaban J connectivity index is 2.28. The van der Waals surface area contributed by atoms with Crippen LogP contribution in [0, 0.1) is 6.92 Å². The fourth-order valence-corrected chi connectivity index (χ4v) is 2.54. The predicted molar refractivity (Wildman–Crippen MR) is 87.7 cm³/mol. The molecule has 0 aromatic heterocycles. The van der Waals surface area contributed by atoms with Crippen molar-refractivity contribution in [1.82, 2.24) is 0 Å². The fourth-order valence-electron chi connectivity index (χ4n) is 2.54. The van der Waals surface area contributed by atoms with Gasteiger partial charge in [0, 0.05) is 23.5 Å². The first-order chi connectivity index (χ1) is 10.2. The second-order valence-corrected chi connectivity index (χ2v) is 6.68. The third-order valence-electron chi connectivity index (χ3n) is 4.62. The van der Waals surface area contributed by atoms with Crippen LogP contribution in [0.5, 0.6) is 0 Å². The van der Waals surface area contributed by atoms with Gasteiger partial charge in [-0.05, 0) is 62.9 Å². The fraction of sp³-hybridized carbons (Fsp3) is 0.600. The second-order valence-electron chi connectivity index (χ2n) is 6.68. The number of nitrogens with two attached hydrogens (primary N) is 1. The lowest BCUT2D eigenvalue weighted by Gasteiger charge is -2.32. The van der Waals surface area contributed by atoms with E-state index in [4.69, 9.17) is 20.6 Å². The van der Waals surface area contributed by atoms with Gasteiger partial charge in [-0.1, -0.05) is 11.2 Å². The molecule has 2 N–H and O–H groups in total. The van der Waals surface area contributed by atoms with Crippen molar-refractivity contribution in [2.24, 2.45) is 10.8 Å². The molecule has 1 aromatic carbocycles. The summed E-state index contributed by atoms with van der Waals surface area (Å²) in [5.41, 5.74) is 17.3. The first-order valence-electron chi connectivity index (χ1n) is 7.43. The molecule has 0 radical (unpaired) electrons. The monoisotopic (exact) mass is 302 g/mol. The molecule has 0 atom stereocenters. The number of azide groups is 1. The van der Waals surface area contributed by atoms with Crippen LogP contribution in [0.4, 0.5) is 5.69 Å². The SMILES string of the molecule is Cc1c(CN)cc(CB2OC(C)(C)C(C)(C)O2)cc1N=[N+]=[N-]. The number of hydrogen-bond acceptors (Lipinski definition) is 4. The highest BCUT2D eigenvalue weighted by molar-refractivity contribution is 6.45. The summed E-state index contributed by atoms with van der Waals surface area (Å²) in [4.78, 5) is 2.88. The van der Waals surface area contributed by atoms with Crippen LogP contribution in [0.2, 0.25) is 0 Å². The Morgan fingerprint density at radius 3 is 2.32 bits per heavy atom. The van der Waals surface area contributed by atoms with Crippen molar-refractivity contribution < 1.29 is 9.31 Å². The maximum Gasteiger partial charge on any atom is 0.462 e. The van der Waals surface area contributed by atoms with Gasteiger partial charge >= 0.3 is 7.12 Å². The molecule has 1 aliphatic heterocycles. The zero-order valence-corrected chi connectivity index (χ0v) is 13.9. The van der Waals surface area contributed by atoms with E-state index in [1.54, 1.807) is 0 Å². The van der Waals surface area contributed by atoms with Gasteiger partial charge in [0.2, 0.25) is 0 Å². The summed E-state index contributed by atoms with van der Waals surface area (Å²) in [6.07, 6.45) is 0.591. The van der Waals surface area contributed by atoms with Crippen LogP contribution in [0.3, 0.4) is 0 Å². The number of hydrogen-bond donors (Lipinski definition) is 1. The van der Waals surface area contributed by atoms with Crippen LogP contribution in [-0.2, 0) is 22.2 Å². The minimum absolute atomic E-state index is 0.322. The van der Waals surface area contributed by atoms with Gasteiger partial charge in [0.05, 0.1) is 11.2 Å². The number of rotatable bonds is 4. The van der Waals surface area contributed by atoms with Crippen molar-refractivity contribution in [3.8, 4) is 0 Å². The molecule has 7 heteroatoms. The highest BCUT2D eigenvalue weighted by Crippen LogP contribution is 2.38. The molecule has 0 amide bonds. The molecule has 2 rings (SSSR count). The van der Waals surface area contributed by atoms with E-state index in [1.165, 1.54) is 0 Å². The molecule has 0 spiro atoms. The van der Waals surface area contributed by atoms with Gasteiger partial charge in [-0.2, -0.15) is 0 Å². The highest BCUT2D eigenvalue weighted by Gasteiger charge is 2.50. The van der Waals surface area contributed by atoms with E-state index in [2.05, 4.69) is 10.0 Å². The van der Waals surface area contributed by atoms with Crippen LogP contribution in [0.1, 0.15) is 44.4 Å². The summed E-state index contributed by atoms with van der Waals surface area (Å²) in [5, 5.41) is 3.75. The summed E-state index contributed by atoms with van der Waals surface area (Å²) in [5.74, 6) is 0. The minimum atomic E-state index is -0.354. The van der Waals surface area contributed by atoms with Crippen LogP contribution >= 0.6 is 0 Å². The topological polar surface area (TPSA) is 93.2 Å². The lowest BCUT2D eigenvalue weighted by molar-refractivity contribution is 0.00578. The molecule has 1 aromatic rings. The Labute approximate surface area is 131 Å². The van der Waals surface area contributed by atoms with Gasteiger partial charge < -0.3 is 15.0 Å². The van der Waals surface area contributed by atoms with E-state index in [9.17, 15) is 0 Å². The lowest BCUT2D eigenvalue weighted by atomic mass is 9.80. The summed E-state index contributed by atoms with van der Waals surface area (Å²) >= 11 is 0.